The van der Waals surface area contributed by atoms with E-state index in [0.29, 0.717) is 18.5 Å². The van der Waals surface area contributed by atoms with Crippen LogP contribution in [-0.4, -0.2) is 28.6 Å². The third-order valence-corrected chi connectivity index (χ3v) is 8.48. The van der Waals surface area contributed by atoms with Crippen LogP contribution in [0.25, 0.3) is 0 Å². The zero-order valence-corrected chi connectivity index (χ0v) is 15.5. The van der Waals surface area contributed by atoms with Gasteiger partial charge in [-0.05, 0) is 26.0 Å². The van der Waals surface area contributed by atoms with E-state index in [1.165, 1.54) is 6.07 Å². The van der Waals surface area contributed by atoms with Gasteiger partial charge in [0.15, 0.2) is 9.84 Å². The SMILES string of the molecule is CCN[C@H]1C[C@H](C)S(=O)(=O)c2sc(S(N)(=O)=O)cc21.Cl.Cl. The van der Waals surface area contributed by atoms with Crippen LogP contribution in [0.5, 0.6) is 0 Å². The van der Waals surface area contributed by atoms with Crippen LogP contribution in [0.2, 0.25) is 0 Å². The largest absolute Gasteiger partial charge is 0.310 e. The first kappa shape index (κ1) is 21.1. The monoisotopic (exact) mass is 396 g/mol. The number of halogens is 2. The molecule has 0 spiro atoms. The van der Waals surface area contributed by atoms with Gasteiger partial charge in [-0.3, -0.25) is 0 Å². The Labute approximate surface area is 141 Å². The molecule has 2 rings (SSSR count). The Bertz CT molecular complexity index is 700. The third kappa shape index (κ3) is 3.90. The number of primary sulfonamides is 1. The van der Waals surface area contributed by atoms with Crippen molar-refractivity contribution in [1.29, 1.82) is 0 Å². The molecule has 2 heterocycles. The zero-order chi connectivity index (χ0) is 14.4. The lowest BCUT2D eigenvalue weighted by molar-refractivity contribution is 0.477. The van der Waals surface area contributed by atoms with Crippen LogP contribution in [0.1, 0.15) is 31.9 Å². The van der Waals surface area contributed by atoms with Crippen molar-refractivity contribution in [3.05, 3.63) is 11.6 Å². The van der Waals surface area contributed by atoms with Gasteiger partial charge < -0.3 is 5.32 Å². The minimum absolute atomic E-state index is 0. The topological polar surface area (TPSA) is 106 Å². The Morgan fingerprint density at radius 3 is 2.48 bits per heavy atom. The number of fused-ring (bicyclic) bond motifs is 1. The van der Waals surface area contributed by atoms with Crippen LogP contribution in [0, 0.1) is 0 Å². The fourth-order valence-corrected chi connectivity index (χ4v) is 6.60. The van der Waals surface area contributed by atoms with Crippen molar-refractivity contribution >= 4 is 56.0 Å². The summed E-state index contributed by atoms with van der Waals surface area (Å²) in [5.41, 5.74) is 0.522. The molecule has 0 aromatic carbocycles. The average Bonchev–Trinajstić information content (AvgIpc) is 2.72. The molecule has 0 amide bonds. The molecule has 21 heavy (non-hydrogen) atoms. The molecule has 0 bridgehead atoms. The van der Waals surface area contributed by atoms with Gasteiger partial charge in [-0.25, -0.2) is 22.0 Å². The molecule has 1 aliphatic rings. The van der Waals surface area contributed by atoms with Crippen LogP contribution in [-0.2, 0) is 19.9 Å². The quantitative estimate of drug-likeness (QED) is 0.803. The fourth-order valence-electron chi connectivity index (χ4n) is 2.18. The van der Waals surface area contributed by atoms with Crippen LogP contribution >= 0.6 is 36.2 Å². The number of sulfonamides is 1. The number of thiophene rings is 1. The first-order valence-corrected chi connectivity index (χ1v) is 9.72. The highest BCUT2D eigenvalue weighted by Crippen LogP contribution is 2.42. The van der Waals surface area contributed by atoms with Crippen molar-refractivity contribution in [1.82, 2.24) is 5.32 Å². The predicted molar refractivity (Wildman–Crippen MR) is 87.9 cm³/mol. The van der Waals surface area contributed by atoms with E-state index in [-0.39, 0.29) is 39.3 Å². The van der Waals surface area contributed by atoms with E-state index in [0.717, 1.165) is 11.3 Å². The van der Waals surface area contributed by atoms with Gasteiger partial charge in [0.1, 0.15) is 8.42 Å². The summed E-state index contributed by atoms with van der Waals surface area (Å²) < 4.78 is 47.3. The van der Waals surface area contributed by atoms with Crippen LogP contribution in [0.4, 0.5) is 0 Å². The molecule has 11 heteroatoms. The lowest BCUT2D eigenvalue weighted by atomic mass is 10.1. The number of rotatable bonds is 3. The number of nitrogens with one attached hydrogen (secondary N) is 1. The van der Waals surface area contributed by atoms with Gasteiger partial charge in [0.2, 0.25) is 10.0 Å². The van der Waals surface area contributed by atoms with E-state index in [9.17, 15) is 16.8 Å². The Morgan fingerprint density at radius 2 is 2.00 bits per heavy atom. The normalized spacial score (nSPS) is 23.6. The van der Waals surface area contributed by atoms with E-state index in [1.807, 2.05) is 6.92 Å². The van der Waals surface area contributed by atoms with E-state index in [4.69, 9.17) is 5.14 Å². The highest BCUT2D eigenvalue weighted by Gasteiger charge is 2.39. The second-order valence-corrected chi connectivity index (χ2v) is 9.96. The van der Waals surface area contributed by atoms with Crippen molar-refractivity contribution in [2.45, 2.75) is 40.0 Å². The maximum Gasteiger partial charge on any atom is 0.247 e. The molecule has 124 valence electrons. The summed E-state index contributed by atoms with van der Waals surface area (Å²) >= 11 is 0.742. The molecule has 0 aliphatic carbocycles. The molecular formula is C10H18Cl2N2O4S3. The van der Waals surface area contributed by atoms with Crippen molar-refractivity contribution in [3.8, 4) is 0 Å². The highest BCUT2D eigenvalue weighted by atomic mass is 35.5. The Hall–Kier alpha value is 0.1000. The molecule has 1 aliphatic heterocycles. The second-order valence-electron chi connectivity index (χ2n) is 4.55. The zero-order valence-electron chi connectivity index (χ0n) is 11.4. The van der Waals surface area contributed by atoms with Crippen molar-refractivity contribution in [2.24, 2.45) is 5.14 Å². The summed E-state index contributed by atoms with van der Waals surface area (Å²) in [6, 6.07) is 1.23. The maximum absolute atomic E-state index is 12.2. The van der Waals surface area contributed by atoms with Crippen LogP contribution in [0.3, 0.4) is 0 Å². The Kier molecular flexibility index (Phi) is 7.15. The molecule has 0 radical (unpaired) electrons. The summed E-state index contributed by atoms with van der Waals surface area (Å²) in [5, 5.41) is 7.73. The molecular weight excluding hydrogens is 379 g/mol. The van der Waals surface area contributed by atoms with Crippen molar-refractivity contribution in [3.63, 3.8) is 0 Å². The first-order valence-electron chi connectivity index (χ1n) is 5.81. The summed E-state index contributed by atoms with van der Waals surface area (Å²) in [7, 11) is -7.33. The molecule has 0 saturated heterocycles. The first-order chi connectivity index (χ1) is 8.67. The van der Waals surface area contributed by atoms with E-state index < -0.39 is 25.1 Å². The van der Waals surface area contributed by atoms with Crippen molar-refractivity contribution < 1.29 is 16.8 Å². The number of nitrogens with two attached hydrogens (primary N) is 1. The van der Waals surface area contributed by atoms with Crippen LogP contribution < -0.4 is 10.5 Å². The standard InChI is InChI=1S/C10H16N2O4S3.2ClH/c1-3-12-8-4-6(2)18(13,14)10-7(8)5-9(17-10)19(11,15)16;;/h5-6,8,12H,3-4H2,1-2H3,(H2,11,15,16);2*1H/t6-,8-;;/m0../s1. The average molecular weight is 397 g/mol. The van der Waals surface area contributed by atoms with E-state index >= 15 is 0 Å². The molecule has 0 fully saturated rings. The predicted octanol–water partition coefficient (Wildman–Crippen LogP) is 1.46. The van der Waals surface area contributed by atoms with E-state index in [1.54, 1.807) is 6.92 Å². The van der Waals surface area contributed by atoms with Gasteiger partial charge in [-0.2, -0.15) is 0 Å². The number of hydrogen-bond acceptors (Lipinski definition) is 6. The van der Waals surface area contributed by atoms with Crippen LogP contribution in [0.15, 0.2) is 14.5 Å². The summed E-state index contributed by atoms with van der Waals surface area (Å²) in [5.74, 6) is 0. The minimum atomic E-state index is -3.88. The van der Waals surface area contributed by atoms with Gasteiger partial charge in [-0.1, -0.05) is 6.92 Å². The van der Waals surface area contributed by atoms with Crippen molar-refractivity contribution in [2.75, 3.05) is 6.54 Å². The summed E-state index contributed by atoms with van der Waals surface area (Å²) in [6.07, 6.45) is 0.434. The highest BCUT2D eigenvalue weighted by molar-refractivity contribution is 7.95. The second kappa shape index (κ2) is 7.12. The molecule has 1 aromatic rings. The molecule has 3 N–H and O–H groups in total. The lowest BCUT2D eigenvalue weighted by Gasteiger charge is -2.27. The molecule has 2 atom stereocenters. The smallest absolute Gasteiger partial charge is 0.247 e. The fraction of sp³-hybridized carbons (Fsp3) is 0.600. The van der Waals surface area contributed by atoms with E-state index in [2.05, 4.69) is 5.32 Å². The van der Waals surface area contributed by atoms with Gasteiger partial charge in [0, 0.05) is 11.6 Å². The number of hydrogen-bond donors (Lipinski definition) is 2. The van der Waals surface area contributed by atoms with Gasteiger partial charge in [0.05, 0.1) is 5.25 Å². The molecule has 1 aromatic heterocycles. The Balaban J connectivity index is 0.00000200. The minimum Gasteiger partial charge on any atom is -0.310 e. The third-order valence-electron chi connectivity index (χ3n) is 3.16. The molecule has 0 saturated carbocycles. The molecule has 6 nitrogen and oxygen atoms in total. The van der Waals surface area contributed by atoms with Gasteiger partial charge >= 0.3 is 0 Å². The maximum atomic E-state index is 12.2. The van der Waals surface area contributed by atoms with Gasteiger partial charge in [0.25, 0.3) is 0 Å². The number of sulfone groups is 1. The Morgan fingerprint density at radius 1 is 1.43 bits per heavy atom. The summed E-state index contributed by atoms with van der Waals surface area (Å²) in [6.45, 7) is 4.23. The summed E-state index contributed by atoms with van der Waals surface area (Å²) in [4.78, 5) is 0. The van der Waals surface area contributed by atoms with Gasteiger partial charge in [-0.15, -0.1) is 36.2 Å². The lowest BCUT2D eigenvalue weighted by Crippen LogP contribution is -2.33. The molecule has 0 unspecified atom stereocenters.